The van der Waals surface area contributed by atoms with Crippen molar-refractivity contribution in [2.75, 3.05) is 26.2 Å². The van der Waals surface area contributed by atoms with Gasteiger partial charge < -0.3 is 4.42 Å². The maximum Gasteiger partial charge on any atom is 0.336 e. The standard InChI is InChI=1S/C23H25ClN2O2/c1-17-12-22-20(14-21(17)24)19(13-23(27)28-22)16-26-9-5-8-25(10-11-26)15-18-6-3-2-4-7-18/h2-4,6-7,12-14H,5,8-11,15-16H2,1H3. The van der Waals surface area contributed by atoms with Gasteiger partial charge in [0.05, 0.1) is 0 Å². The van der Waals surface area contributed by atoms with Gasteiger partial charge in [-0.2, -0.15) is 0 Å². The number of fused-ring (bicyclic) bond motifs is 1. The molecule has 2 heterocycles. The molecule has 0 radical (unpaired) electrons. The molecule has 1 aliphatic heterocycles. The van der Waals surface area contributed by atoms with Gasteiger partial charge in [-0.1, -0.05) is 41.9 Å². The lowest BCUT2D eigenvalue weighted by atomic mass is 10.1. The lowest BCUT2D eigenvalue weighted by Gasteiger charge is -2.22. The maximum absolute atomic E-state index is 12.0. The number of benzene rings is 2. The van der Waals surface area contributed by atoms with Crippen molar-refractivity contribution in [1.82, 2.24) is 9.80 Å². The molecule has 1 aromatic heterocycles. The summed E-state index contributed by atoms with van der Waals surface area (Å²) in [4.78, 5) is 17.0. The number of hydrogen-bond donors (Lipinski definition) is 0. The largest absolute Gasteiger partial charge is 0.423 e. The highest BCUT2D eigenvalue weighted by atomic mass is 35.5. The van der Waals surface area contributed by atoms with Gasteiger partial charge in [-0.3, -0.25) is 9.80 Å². The van der Waals surface area contributed by atoms with Gasteiger partial charge in [0.25, 0.3) is 0 Å². The Bertz CT molecular complexity index is 1020. The third kappa shape index (κ3) is 4.46. The Morgan fingerprint density at radius 2 is 1.68 bits per heavy atom. The van der Waals surface area contributed by atoms with E-state index < -0.39 is 0 Å². The van der Waals surface area contributed by atoms with Gasteiger partial charge in [0.15, 0.2) is 0 Å². The fraction of sp³-hybridized carbons (Fsp3) is 0.348. The Hall–Kier alpha value is -2.14. The van der Waals surface area contributed by atoms with Crippen LogP contribution in [0.3, 0.4) is 0 Å². The molecule has 0 unspecified atom stereocenters. The number of rotatable bonds is 4. The Morgan fingerprint density at radius 3 is 2.43 bits per heavy atom. The third-order valence-corrected chi connectivity index (χ3v) is 5.84. The second kappa shape index (κ2) is 8.48. The zero-order chi connectivity index (χ0) is 19.5. The summed E-state index contributed by atoms with van der Waals surface area (Å²) in [7, 11) is 0. The van der Waals surface area contributed by atoms with Crippen LogP contribution in [0.15, 0.2) is 57.7 Å². The summed E-state index contributed by atoms with van der Waals surface area (Å²) < 4.78 is 5.39. The number of hydrogen-bond acceptors (Lipinski definition) is 4. The highest BCUT2D eigenvalue weighted by molar-refractivity contribution is 6.32. The van der Waals surface area contributed by atoms with Gasteiger partial charge in [-0.15, -0.1) is 0 Å². The Balaban J connectivity index is 1.49. The highest BCUT2D eigenvalue weighted by Gasteiger charge is 2.17. The zero-order valence-corrected chi connectivity index (χ0v) is 16.9. The monoisotopic (exact) mass is 396 g/mol. The molecular formula is C23H25ClN2O2. The Labute approximate surface area is 170 Å². The first kappa shape index (κ1) is 19.2. The van der Waals surface area contributed by atoms with Gasteiger partial charge in [-0.25, -0.2) is 4.79 Å². The van der Waals surface area contributed by atoms with Crippen LogP contribution in [0, 0.1) is 6.92 Å². The normalized spacial score (nSPS) is 16.4. The fourth-order valence-corrected chi connectivity index (χ4v) is 4.07. The summed E-state index contributed by atoms with van der Waals surface area (Å²) in [6, 6.07) is 16.0. The average Bonchev–Trinajstić information content (AvgIpc) is 2.89. The van der Waals surface area contributed by atoms with Crippen molar-refractivity contribution in [1.29, 1.82) is 0 Å². The summed E-state index contributed by atoms with van der Waals surface area (Å²) in [6.45, 7) is 7.76. The molecule has 0 N–H and O–H groups in total. The van der Waals surface area contributed by atoms with Crippen molar-refractivity contribution in [3.05, 3.63) is 80.7 Å². The lowest BCUT2D eigenvalue weighted by Crippen LogP contribution is -2.30. The van der Waals surface area contributed by atoms with E-state index in [1.807, 2.05) is 19.1 Å². The maximum atomic E-state index is 12.0. The number of halogens is 1. The van der Waals surface area contributed by atoms with Crippen LogP contribution in [-0.2, 0) is 13.1 Å². The van der Waals surface area contributed by atoms with Crippen LogP contribution in [0.4, 0.5) is 0 Å². The fourth-order valence-electron chi connectivity index (χ4n) is 3.90. The predicted molar refractivity (Wildman–Crippen MR) is 114 cm³/mol. The minimum atomic E-state index is -0.301. The topological polar surface area (TPSA) is 36.7 Å². The van der Waals surface area contributed by atoms with Gasteiger partial charge in [0.1, 0.15) is 5.58 Å². The van der Waals surface area contributed by atoms with E-state index in [9.17, 15) is 4.79 Å². The molecule has 1 saturated heterocycles. The van der Waals surface area contributed by atoms with Crippen molar-refractivity contribution >= 4 is 22.6 Å². The molecule has 3 aromatic rings. The van der Waals surface area contributed by atoms with Gasteiger partial charge >= 0.3 is 5.63 Å². The second-order valence-corrected chi connectivity index (χ2v) is 7.99. The first-order valence-corrected chi connectivity index (χ1v) is 10.2. The smallest absolute Gasteiger partial charge is 0.336 e. The molecular weight excluding hydrogens is 372 g/mol. The Morgan fingerprint density at radius 1 is 0.964 bits per heavy atom. The summed E-state index contributed by atoms with van der Waals surface area (Å²) in [5, 5.41) is 1.63. The molecule has 0 atom stereocenters. The number of nitrogens with zero attached hydrogens (tertiary/aromatic N) is 2. The third-order valence-electron chi connectivity index (χ3n) is 5.43. The van der Waals surface area contributed by atoms with Crippen LogP contribution in [0.2, 0.25) is 5.02 Å². The second-order valence-electron chi connectivity index (χ2n) is 7.58. The van der Waals surface area contributed by atoms with Crippen molar-refractivity contribution in [3.63, 3.8) is 0 Å². The van der Waals surface area contributed by atoms with Crippen molar-refractivity contribution in [2.24, 2.45) is 0 Å². The molecule has 146 valence electrons. The highest BCUT2D eigenvalue weighted by Crippen LogP contribution is 2.26. The van der Waals surface area contributed by atoms with E-state index in [1.165, 1.54) is 5.56 Å². The molecule has 1 fully saturated rings. The molecule has 1 aliphatic rings. The van der Waals surface area contributed by atoms with E-state index in [-0.39, 0.29) is 5.63 Å². The van der Waals surface area contributed by atoms with E-state index in [1.54, 1.807) is 6.07 Å². The molecule has 0 amide bonds. The van der Waals surface area contributed by atoms with Crippen molar-refractivity contribution in [3.8, 4) is 0 Å². The minimum Gasteiger partial charge on any atom is -0.423 e. The summed E-state index contributed by atoms with van der Waals surface area (Å²) in [6.07, 6.45) is 1.12. The molecule has 2 aromatic carbocycles. The molecule has 5 heteroatoms. The molecule has 0 aliphatic carbocycles. The Kier molecular flexibility index (Phi) is 5.81. The first-order valence-electron chi connectivity index (χ1n) is 9.80. The number of aryl methyl sites for hydroxylation is 1. The van der Waals surface area contributed by atoms with Crippen molar-refractivity contribution in [2.45, 2.75) is 26.4 Å². The minimum absolute atomic E-state index is 0.301. The van der Waals surface area contributed by atoms with Crippen LogP contribution in [0.25, 0.3) is 11.0 Å². The van der Waals surface area contributed by atoms with Gasteiger partial charge in [-0.05, 0) is 55.3 Å². The van der Waals surface area contributed by atoms with Crippen molar-refractivity contribution < 1.29 is 4.42 Å². The quantitative estimate of drug-likeness (QED) is 0.610. The van der Waals surface area contributed by atoms with Gasteiger partial charge in [0.2, 0.25) is 0 Å². The summed E-state index contributed by atoms with van der Waals surface area (Å²) in [5.41, 5.74) is 3.58. The van der Waals surface area contributed by atoms with E-state index in [4.69, 9.17) is 16.0 Å². The van der Waals surface area contributed by atoms with Crippen LogP contribution >= 0.6 is 11.6 Å². The van der Waals surface area contributed by atoms with E-state index in [0.29, 0.717) is 10.6 Å². The van der Waals surface area contributed by atoms with Crippen LogP contribution in [0.1, 0.15) is 23.1 Å². The van der Waals surface area contributed by atoms with Crippen LogP contribution in [-0.4, -0.2) is 36.0 Å². The molecule has 0 saturated carbocycles. The van der Waals surface area contributed by atoms with E-state index in [0.717, 1.165) is 62.2 Å². The molecule has 0 bridgehead atoms. The zero-order valence-electron chi connectivity index (χ0n) is 16.2. The predicted octanol–water partition coefficient (Wildman–Crippen LogP) is 4.46. The molecule has 4 nitrogen and oxygen atoms in total. The van der Waals surface area contributed by atoms with Crippen LogP contribution < -0.4 is 5.63 Å². The van der Waals surface area contributed by atoms with E-state index >= 15 is 0 Å². The van der Waals surface area contributed by atoms with E-state index in [2.05, 4.69) is 40.1 Å². The summed E-state index contributed by atoms with van der Waals surface area (Å²) >= 11 is 6.32. The average molecular weight is 397 g/mol. The molecule has 28 heavy (non-hydrogen) atoms. The first-order chi connectivity index (χ1) is 13.6. The SMILES string of the molecule is Cc1cc2oc(=O)cc(CN3CCCN(Cc4ccccc4)CC3)c2cc1Cl. The molecule has 4 rings (SSSR count). The van der Waals surface area contributed by atoms with Gasteiger partial charge in [0, 0.05) is 42.7 Å². The van der Waals surface area contributed by atoms with Crippen LogP contribution in [0.5, 0.6) is 0 Å². The lowest BCUT2D eigenvalue weighted by molar-refractivity contribution is 0.247. The molecule has 0 spiro atoms. The summed E-state index contributed by atoms with van der Waals surface area (Å²) in [5.74, 6) is 0.